The first kappa shape index (κ1) is 16.2. The van der Waals surface area contributed by atoms with E-state index in [-0.39, 0.29) is 0 Å². The van der Waals surface area contributed by atoms with Crippen LogP contribution in [0.3, 0.4) is 0 Å². The third-order valence-corrected chi connectivity index (χ3v) is 5.70. The minimum atomic E-state index is 0.305. The molecule has 0 saturated carbocycles. The van der Waals surface area contributed by atoms with Gasteiger partial charge in [-0.05, 0) is 17.7 Å². The van der Waals surface area contributed by atoms with Gasteiger partial charge in [0.2, 0.25) is 5.82 Å². The normalized spacial score (nSPS) is 13.1. The van der Waals surface area contributed by atoms with E-state index in [2.05, 4.69) is 57.4 Å². The van der Waals surface area contributed by atoms with Crippen LogP contribution in [0.4, 0.5) is 0 Å². The molecular weight excluding hydrogens is 360 g/mol. The molecular formula is C19H18N6OS. The maximum atomic E-state index is 6.01. The van der Waals surface area contributed by atoms with Gasteiger partial charge in [-0.3, -0.25) is 10.2 Å². The maximum Gasteiger partial charge on any atom is 0.210 e. The van der Waals surface area contributed by atoms with Gasteiger partial charge in [-0.1, -0.05) is 19.9 Å². The van der Waals surface area contributed by atoms with Crippen molar-refractivity contribution in [2.24, 2.45) is 0 Å². The number of nitrogens with one attached hydrogen (secondary N) is 2. The Labute approximate surface area is 159 Å². The molecule has 0 saturated heterocycles. The highest BCUT2D eigenvalue weighted by Gasteiger charge is 2.23. The first-order chi connectivity index (χ1) is 13.2. The summed E-state index contributed by atoms with van der Waals surface area (Å²) in [5.41, 5.74) is 4.08. The van der Waals surface area contributed by atoms with Crippen molar-refractivity contribution in [2.75, 3.05) is 6.61 Å². The van der Waals surface area contributed by atoms with Crippen LogP contribution in [0.2, 0.25) is 0 Å². The topological polar surface area (TPSA) is 92.4 Å². The molecule has 1 aromatic carbocycles. The van der Waals surface area contributed by atoms with E-state index >= 15 is 0 Å². The first-order valence-corrected chi connectivity index (χ1v) is 9.69. The van der Waals surface area contributed by atoms with E-state index in [0.717, 1.165) is 45.4 Å². The average Bonchev–Trinajstić information content (AvgIpc) is 3.41. The average molecular weight is 378 g/mol. The van der Waals surface area contributed by atoms with Gasteiger partial charge in [0.25, 0.3) is 0 Å². The van der Waals surface area contributed by atoms with Crippen molar-refractivity contribution in [3.05, 3.63) is 41.3 Å². The number of H-pyrrole nitrogens is 2. The molecule has 0 atom stereocenters. The van der Waals surface area contributed by atoms with Gasteiger partial charge in [0.05, 0.1) is 18.5 Å². The number of nitrogens with zero attached hydrogens (tertiary/aromatic N) is 4. The van der Waals surface area contributed by atoms with E-state index < -0.39 is 0 Å². The molecule has 5 rings (SSSR count). The summed E-state index contributed by atoms with van der Waals surface area (Å²) in [7, 11) is 0. The van der Waals surface area contributed by atoms with Gasteiger partial charge in [0.1, 0.15) is 11.6 Å². The van der Waals surface area contributed by atoms with Crippen LogP contribution in [0.1, 0.15) is 30.5 Å². The van der Waals surface area contributed by atoms with E-state index in [0.29, 0.717) is 18.3 Å². The minimum absolute atomic E-state index is 0.305. The van der Waals surface area contributed by atoms with Crippen LogP contribution < -0.4 is 4.74 Å². The quantitative estimate of drug-likeness (QED) is 0.561. The summed E-state index contributed by atoms with van der Waals surface area (Å²) in [6.07, 6.45) is 4.50. The summed E-state index contributed by atoms with van der Waals surface area (Å²) < 4.78 is 6.01. The van der Waals surface area contributed by atoms with Crippen molar-refractivity contribution in [3.63, 3.8) is 0 Å². The molecule has 0 spiro atoms. The number of rotatable bonds is 3. The van der Waals surface area contributed by atoms with Crippen LogP contribution in [-0.2, 0) is 6.42 Å². The third-order valence-electron chi connectivity index (χ3n) is 4.59. The van der Waals surface area contributed by atoms with Crippen molar-refractivity contribution in [1.29, 1.82) is 0 Å². The maximum absolute atomic E-state index is 6.01. The van der Waals surface area contributed by atoms with Crippen molar-refractivity contribution in [1.82, 2.24) is 30.4 Å². The smallest absolute Gasteiger partial charge is 0.210 e. The van der Waals surface area contributed by atoms with Gasteiger partial charge in [-0.15, -0.1) is 11.3 Å². The Morgan fingerprint density at radius 2 is 2.11 bits per heavy atom. The Morgan fingerprint density at radius 3 is 2.89 bits per heavy atom. The first-order valence-electron chi connectivity index (χ1n) is 8.88. The summed E-state index contributed by atoms with van der Waals surface area (Å²) in [5, 5.41) is 15.1. The Morgan fingerprint density at radius 1 is 1.19 bits per heavy atom. The van der Waals surface area contributed by atoms with Gasteiger partial charge in [0, 0.05) is 34.5 Å². The summed E-state index contributed by atoms with van der Waals surface area (Å²) in [6.45, 7) is 4.81. The molecule has 136 valence electrons. The highest BCUT2D eigenvalue weighted by molar-refractivity contribution is 7.15. The number of hydrogen-bond acceptors (Lipinski definition) is 6. The molecule has 0 amide bonds. The van der Waals surface area contributed by atoms with E-state index in [4.69, 9.17) is 9.72 Å². The number of hydrogen-bond donors (Lipinski definition) is 2. The van der Waals surface area contributed by atoms with Crippen molar-refractivity contribution < 1.29 is 4.74 Å². The molecule has 4 heterocycles. The lowest BCUT2D eigenvalue weighted by molar-refractivity contribution is 0.327. The van der Waals surface area contributed by atoms with Crippen LogP contribution in [0.5, 0.6) is 5.75 Å². The second-order valence-electron chi connectivity index (χ2n) is 6.79. The van der Waals surface area contributed by atoms with E-state index in [1.54, 1.807) is 17.5 Å². The molecule has 0 fully saturated rings. The summed E-state index contributed by atoms with van der Waals surface area (Å²) in [4.78, 5) is 10.7. The van der Waals surface area contributed by atoms with Crippen molar-refractivity contribution in [2.45, 2.75) is 26.2 Å². The molecule has 1 aliphatic heterocycles. The fourth-order valence-corrected chi connectivity index (χ4v) is 4.13. The molecule has 8 heteroatoms. The van der Waals surface area contributed by atoms with Gasteiger partial charge in [-0.25, -0.2) is 9.97 Å². The molecule has 0 radical (unpaired) electrons. The zero-order valence-electron chi connectivity index (χ0n) is 15.0. The highest BCUT2D eigenvalue weighted by atomic mass is 32.1. The lowest BCUT2D eigenvalue weighted by Crippen LogP contribution is -1.97. The van der Waals surface area contributed by atoms with Gasteiger partial charge in [0.15, 0.2) is 5.01 Å². The van der Waals surface area contributed by atoms with Crippen LogP contribution in [0.15, 0.2) is 30.6 Å². The Hall–Kier alpha value is -3.00. The van der Waals surface area contributed by atoms with E-state index in [9.17, 15) is 0 Å². The fraction of sp³-hybridized carbons (Fsp3) is 0.263. The minimum Gasteiger partial charge on any atom is -0.492 e. The predicted octanol–water partition coefficient (Wildman–Crippen LogP) is 4.04. The molecule has 27 heavy (non-hydrogen) atoms. The van der Waals surface area contributed by atoms with E-state index in [1.165, 1.54) is 4.88 Å². The number of ether oxygens (including phenoxy) is 1. The molecule has 0 unspecified atom stereocenters. The standard InChI is InChI=1S/C19H18N6OS/c1-10(2)17-23-18(25-24-17)19-22-16-13-4-3-11(12-8-20-21-9-12)7-14(13)26-6-5-15(16)27-19/h3-4,7-10H,5-6H2,1-2H3,(H,20,21)(H,23,24,25). The zero-order valence-corrected chi connectivity index (χ0v) is 15.8. The van der Waals surface area contributed by atoms with Crippen LogP contribution in [0.25, 0.3) is 33.2 Å². The van der Waals surface area contributed by atoms with Crippen LogP contribution in [-0.4, -0.2) is 37.0 Å². The lowest BCUT2D eigenvalue weighted by atomic mass is 10.0. The highest BCUT2D eigenvalue weighted by Crippen LogP contribution is 2.41. The monoisotopic (exact) mass is 378 g/mol. The molecule has 3 aromatic heterocycles. The Balaban J connectivity index is 1.57. The summed E-state index contributed by atoms with van der Waals surface area (Å²) in [6, 6.07) is 6.20. The molecule has 4 aromatic rings. The Bertz CT molecular complexity index is 1100. The molecule has 0 bridgehead atoms. The third kappa shape index (κ3) is 2.82. The number of aromatic nitrogens is 6. The summed E-state index contributed by atoms with van der Waals surface area (Å²) in [5.74, 6) is 2.69. The fourth-order valence-electron chi connectivity index (χ4n) is 3.13. The van der Waals surface area contributed by atoms with E-state index in [1.807, 2.05) is 6.20 Å². The number of aromatic amines is 2. The molecule has 1 aliphatic rings. The number of benzene rings is 1. The predicted molar refractivity (Wildman–Crippen MR) is 104 cm³/mol. The SMILES string of the molecule is CC(C)c1nc(-c2nc3c(s2)CCOc2cc(-c4cn[nH]c4)ccc2-3)n[nH]1. The van der Waals surface area contributed by atoms with Gasteiger partial charge in [-0.2, -0.15) is 10.2 Å². The number of fused-ring (bicyclic) bond motifs is 3. The van der Waals surface area contributed by atoms with Gasteiger partial charge >= 0.3 is 0 Å². The summed E-state index contributed by atoms with van der Waals surface area (Å²) >= 11 is 1.64. The second-order valence-corrected chi connectivity index (χ2v) is 7.87. The molecule has 2 N–H and O–H groups in total. The van der Waals surface area contributed by atoms with Crippen molar-refractivity contribution in [3.8, 4) is 39.0 Å². The lowest BCUT2D eigenvalue weighted by Gasteiger charge is -2.08. The van der Waals surface area contributed by atoms with Crippen LogP contribution >= 0.6 is 11.3 Å². The zero-order chi connectivity index (χ0) is 18.4. The van der Waals surface area contributed by atoms with Gasteiger partial charge < -0.3 is 4.74 Å². The van der Waals surface area contributed by atoms with Crippen molar-refractivity contribution >= 4 is 11.3 Å². The van der Waals surface area contributed by atoms with Crippen LogP contribution in [0, 0.1) is 0 Å². The largest absolute Gasteiger partial charge is 0.492 e. The second kappa shape index (κ2) is 6.31. The Kier molecular flexibility index (Phi) is 3.78. The molecule has 0 aliphatic carbocycles. The number of thiazole rings is 1. The molecule has 7 nitrogen and oxygen atoms in total.